The molecular weight excluding hydrogens is 310 g/mol. The van der Waals surface area contributed by atoms with Crippen LogP contribution >= 0.6 is 0 Å². The third kappa shape index (κ3) is 4.84. The van der Waals surface area contributed by atoms with Crippen LogP contribution in [0.1, 0.15) is 42.3 Å². The van der Waals surface area contributed by atoms with E-state index >= 15 is 0 Å². The highest BCUT2D eigenvalue weighted by atomic mass is 15.3. The molecule has 136 valence electrons. The number of rotatable bonds is 6. The SMILES string of the molecule is CN=C(NCc1c(C)nn(C)c1C)NCC(c1ccccc1)C(C)C. The second-order valence-corrected chi connectivity index (χ2v) is 6.84. The summed E-state index contributed by atoms with van der Waals surface area (Å²) in [5, 5.41) is 11.4. The molecule has 0 amide bonds. The number of nitrogens with one attached hydrogen (secondary N) is 2. The van der Waals surface area contributed by atoms with Crippen molar-refractivity contribution in [2.24, 2.45) is 18.0 Å². The van der Waals surface area contributed by atoms with Crippen LogP contribution in [-0.4, -0.2) is 29.3 Å². The Kier molecular flexibility index (Phi) is 6.62. The summed E-state index contributed by atoms with van der Waals surface area (Å²) in [6, 6.07) is 10.7. The van der Waals surface area contributed by atoms with Gasteiger partial charge in [0.15, 0.2) is 5.96 Å². The van der Waals surface area contributed by atoms with E-state index in [1.54, 1.807) is 0 Å². The minimum absolute atomic E-state index is 0.446. The molecule has 1 aromatic carbocycles. The standard InChI is InChI=1S/C20H31N5/c1-14(2)18(17-10-8-7-9-11-17)12-22-20(21-5)23-13-19-15(3)24-25(6)16(19)4/h7-11,14,18H,12-13H2,1-6H3,(H2,21,22,23). The number of benzene rings is 1. The number of aromatic nitrogens is 2. The fourth-order valence-corrected chi connectivity index (χ4v) is 3.11. The zero-order chi connectivity index (χ0) is 18.4. The minimum Gasteiger partial charge on any atom is -0.356 e. The highest BCUT2D eigenvalue weighted by Crippen LogP contribution is 2.23. The molecular formula is C20H31N5. The van der Waals surface area contributed by atoms with Gasteiger partial charge in [0.2, 0.25) is 0 Å². The molecule has 1 aromatic heterocycles. The van der Waals surface area contributed by atoms with Crippen molar-refractivity contribution in [2.45, 2.75) is 40.2 Å². The Morgan fingerprint density at radius 2 is 1.84 bits per heavy atom. The van der Waals surface area contributed by atoms with Crippen LogP contribution in [0.3, 0.4) is 0 Å². The molecule has 0 radical (unpaired) electrons. The molecule has 1 heterocycles. The molecule has 1 unspecified atom stereocenters. The van der Waals surface area contributed by atoms with Crippen LogP contribution < -0.4 is 10.6 Å². The van der Waals surface area contributed by atoms with Crippen LogP contribution in [0, 0.1) is 19.8 Å². The van der Waals surface area contributed by atoms with E-state index in [-0.39, 0.29) is 0 Å². The zero-order valence-corrected chi connectivity index (χ0v) is 16.3. The van der Waals surface area contributed by atoms with Crippen molar-refractivity contribution < 1.29 is 0 Å². The molecule has 0 fully saturated rings. The van der Waals surface area contributed by atoms with Crippen LogP contribution in [0.15, 0.2) is 35.3 Å². The van der Waals surface area contributed by atoms with Crippen molar-refractivity contribution >= 4 is 5.96 Å². The number of nitrogens with zero attached hydrogens (tertiary/aromatic N) is 3. The maximum absolute atomic E-state index is 4.47. The summed E-state index contributed by atoms with van der Waals surface area (Å²) in [5.41, 5.74) is 4.84. The Morgan fingerprint density at radius 3 is 2.36 bits per heavy atom. The zero-order valence-electron chi connectivity index (χ0n) is 16.3. The van der Waals surface area contributed by atoms with Crippen LogP contribution in [0.5, 0.6) is 0 Å². The number of aliphatic imine (C=N–C) groups is 1. The fourth-order valence-electron chi connectivity index (χ4n) is 3.11. The smallest absolute Gasteiger partial charge is 0.191 e. The second-order valence-electron chi connectivity index (χ2n) is 6.84. The van der Waals surface area contributed by atoms with E-state index in [2.05, 4.69) is 71.8 Å². The molecule has 2 N–H and O–H groups in total. The third-order valence-corrected chi connectivity index (χ3v) is 4.84. The lowest BCUT2D eigenvalue weighted by atomic mass is 9.88. The Labute approximate surface area is 151 Å². The van der Waals surface area contributed by atoms with Crippen LogP contribution in [0.2, 0.25) is 0 Å². The molecule has 1 atom stereocenters. The molecule has 0 spiro atoms. The predicted octanol–water partition coefficient (Wildman–Crippen LogP) is 3.14. The van der Waals surface area contributed by atoms with E-state index in [9.17, 15) is 0 Å². The number of hydrogen-bond acceptors (Lipinski definition) is 2. The monoisotopic (exact) mass is 341 g/mol. The highest BCUT2D eigenvalue weighted by Gasteiger charge is 2.16. The lowest BCUT2D eigenvalue weighted by Crippen LogP contribution is -2.39. The lowest BCUT2D eigenvalue weighted by Gasteiger charge is -2.23. The molecule has 0 aliphatic heterocycles. The van der Waals surface area contributed by atoms with E-state index in [1.807, 2.05) is 25.7 Å². The molecule has 0 aliphatic carbocycles. The average molecular weight is 342 g/mol. The number of hydrogen-bond donors (Lipinski definition) is 2. The van der Waals surface area contributed by atoms with Gasteiger partial charge in [-0.2, -0.15) is 5.10 Å². The van der Waals surface area contributed by atoms with Crippen molar-refractivity contribution in [1.29, 1.82) is 0 Å². The van der Waals surface area contributed by atoms with Gasteiger partial charge in [-0.15, -0.1) is 0 Å². The number of aryl methyl sites for hydroxylation is 2. The lowest BCUT2D eigenvalue weighted by molar-refractivity contribution is 0.488. The Balaban J connectivity index is 1.97. The summed E-state index contributed by atoms with van der Waals surface area (Å²) >= 11 is 0. The molecule has 2 aromatic rings. The number of guanidine groups is 1. The summed E-state index contributed by atoms with van der Waals surface area (Å²) < 4.78 is 1.92. The van der Waals surface area contributed by atoms with Gasteiger partial charge in [0, 0.05) is 44.4 Å². The van der Waals surface area contributed by atoms with Gasteiger partial charge in [0.25, 0.3) is 0 Å². The first-order valence-corrected chi connectivity index (χ1v) is 8.92. The maximum Gasteiger partial charge on any atom is 0.191 e. The molecule has 0 saturated heterocycles. The Hall–Kier alpha value is -2.30. The summed E-state index contributed by atoms with van der Waals surface area (Å²) in [7, 11) is 3.79. The molecule has 2 rings (SSSR count). The van der Waals surface area contributed by atoms with E-state index in [0.29, 0.717) is 11.8 Å². The minimum atomic E-state index is 0.446. The maximum atomic E-state index is 4.47. The van der Waals surface area contributed by atoms with Crippen molar-refractivity contribution in [3.05, 3.63) is 52.8 Å². The van der Waals surface area contributed by atoms with Gasteiger partial charge in [-0.25, -0.2) is 0 Å². The first-order chi connectivity index (χ1) is 11.9. The second kappa shape index (κ2) is 8.70. The van der Waals surface area contributed by atoms with Gasteiger partial charge in [-0.1, -0.05) is 44.2 Å². The molecule has 0 aliphatic rings. The molecule has 5 heteroatoms. The van der Waals surface area contributed by atoms with Gasteiger partial charge in [0.05, 0.1) is 5.69 Å². The molecule has 0 bridgehead atoms. The van der Waals surface area contributed by atoms with Gasteiger partial charge < -0.3 is 10.6 Å². The molecule has 25 heavy (non-hydrogen) atoms. The molecule has 5 nitrogen and oxygen atoms in total. The fraction of sp³-hybridized carbons (Fsp3) is 0.500. The summed E-state index contributed by atoms with van der Waals surface area (Å²) in [5.74, 6) is 1.82. The average Bonchev–Trinajstić information content (AvgIpc) is 2.84. The van der Waals surface area contributed by atoms with E-state index < -0.39 is 0 Å². The van der Waals surface area contributed by atoms with Crippen molar-refractivity contribution in [2.75, 3.05) is 13.6 Å². The quantitative estimate of drug-likeness (QED) is 0.627. The first-order valence-electron chi connectivity index (χ1n) is 8.92. The summed E-state index contributed by atoms with van der Waals surface area (Å²) in [6.45, 7) is 10.2. The topological polar surface area (TPSA) is 54.2 Å². The highest BCUT2D eigenvalue weighted by molar-refractivity contribution is 5.79. The van der Waals surface area contributed by atoms with E-state index in [0.717, 1.165) is 24.7 Å². The van der Waals surface area contributed by atoms with Crippen LogP contribution in [-0.2, 0) is 13.6 Å². The largest absolute Gasteiger partial charge is 0.356 e. The Bertz CT molecular complexity index is 700. The van der Waals surface area contributed by atoms with E-state index in [1.165, 1.54) is 16.8 Å². The van der Waals surface area contributed by atoms with Gasteiger partial charge in [-0.3, -0.25) is 9.67 Å². The van der Waals surface area contributed by atoms with Gasteiger partial charge >= 0.3 is 0 Å². The normalized spacial score (nSPS) is 13.2. The summed E-state index contributed by atoms with van der Waals surface area (Å²) in [4.78, 5) is 4.36. The van der Waals surface area contributed by atoms with Crippen molar-refractivity contribution in [3.63, 3.8) is 0 Å². The summed E-state index contributed by atoms with van der Waals surface area (Å²) in [6.07, 6.45) is 0. The first kappa shape index (κ1) is 19.0. The van der Waals surface area contributed by atoms with Gasteiger partial charge in [0.1, 0.15) is 0 Å². The van der Waals surface area contributed by atoms with Crippen LogP contribution in [0.4, 0.5) is 0 Å². The van der Waals surface area contributed by atoms with E-state index in [4.69, 9.17) is 0 Å². The molecule has 0 saturated carbocycles. The predicted molar refractivity (Wildman–Crippen MR) is 105 cm³/mol. The van der Waals surface area contributed by atoms with Crippen molar-refractivity contribution in [3.8, 4) is 0 Å². The van der Waals surface area contributed by atoms with Gasteiger partial charge in [-0.05, 0) is 25.3 Å². The van der Waals surface area contributed by atoms with Crippen molar-refractivity contribution in [1.82, 2.24) is 20.4 Å². The Morgan fingerprint density at radius 1 is 1.16 bits per heavy atom. The third-order valence-electron chi connectivity index (χ3n) is 4.84. The van der Waals surface area contributed by atoms with Crippen LogP contribution in [0.25, 0.3) is 0 Å².